The fraction of sp³-hybridized carbons (Fsp3) is 0.316. The number of anilines is 2. The third-order valence-electron chi connectivity index (χ3n) is 4.42. The second kappa shape index (κ2) is 7.87. The summed E-state index contributed by atoms with van der Waals surface area (Å²) >= 11 is 0. The fourth-order valence-electron chi connectivity index (χ4n) is 3.01. The number of carbonyl (C=O) groups excluding carboxylic acids is 1. The number of aromatic nitrogens is 3. The molecule has 9 heteroatoms. The molecule has 2 aromatic carbocycles. The smallest absolute Gasteiger partial charge is 0.370 e. The zero-order valence-electron chi connectivity index (χ0n) is 15.5. The first kappa shape index (κ1) is 19.7. The average Bonchev–Trinajstić information content (AvgIpc) is 3.06. The minimum atomic E-state index is -4.50. The third-order valence-corrected chi connectivity index (χ3v) is 4.42. The molecular formula is C19H20F3N5O. The Morgan fingerprint density at radius 3 is 2.54 bits per heavy atom. The summed E-state index contributed by atoms with van der Waals surface area (Å²) in [7, 11) is 0. The highest BCUT2D eigenvalue weighted by molar-refractivity contribution is 5.95. The van der Waals surface area contributed by atoms with E-state index in [1.807, 2.05) is 18.7 Å². The van der Waals surface area contributed by atoms with Crippen molar-refractivity contribution in [3.05, 3.63) is 48.0 Å². The molecule has 0 bridgehead atoms. The van der Waals surface area contributed by atoms with Crippen LogP contribution in [0.2, 0.25) is 0 Å². The van der Waals surface area contributed by atoms with E-state index in [2.05, 4.69) is 15.6 Å². The summed E-state index contributed by atoms with van der Waals surface area (Å²) in [5, 5.41) is 10.5. The van der Waals surface area contributed by atoms with Crippen molar-refractivity contribution in [3.63, 3.8) is 0 Å². The van der Waals surface area contributed by atoms with Crippen LogP contribution in [0.25, 0.3) is 11.0 Å². The number of halogens is 3. The molecule has 0 atom stereocenters. The highest BCUT2D eigenvalue weighted by Gasteiger charge is 2.31. The van der Waals surface area contributed by atoms with E-state index in [0.717, 1.165) is 12.1 Å². The molecule has 0 aliphatic heterocycles. The van der Waals surface area contributed by atoms with Gasteiger partial charge in [-0.15, -0.1) is 5.10 Å². The lowest BCUT2D eigenvalue weighted by atomic mass is 10.1. The number of carbonyl (C=O) groups is 1. The van der Waals surface area contributed by atoms with Gasteiger partial charge in [-0.1, -0.05) is 17.3 Å². The number of para-hydroxylation sites is 1. The number of nitrogens with zero attached hydrogens (tertiary/aromatic N) is 4. The lowest BCUT2D eigenvalue weighted by molar-refractivity contribution is -0.137. The zero-order chi connectivity index (χ0) is 20.3. The Morgan fingerprint density at radius 1 is 1.14 bits per heavy atom. The molecule has 3 aromatic rings. The number of fused-ring (bicyclic) bond motifs is 1. The molecule has 3 rings (SSSR count). The summed E-state index contributed by atoms with van der Waals surface area (Å²) in [4.78, 5) is 14.4. The summed E-state index contributed by atoms with van der Waals surface area (Å²) in [6, 6.07) is 10.5. The van der Waals surface area contributed by atoms with Crippen LogP contribution >= 0.6 is 0 Å². The average molecular weight is 391 g/mol. The molecule has 148 valence electrons. The van der Waals surface area contributed by atoms with Gasteiger partial charge in [0.1, 0.15) is 12.1 Å². The molecule has 0 unspecified atom stereocenters. The Morgan fingerprint density at radius 2 is 1.86 bits per heavy atom. The molecule has 0 saturated heterocycles. The van der Waals surface area contributed by atoms with Gasteiger partial charge in [-0.05, 0) is 44.2 Å². The van der Waals surface area contributed by atoms with Gasteiger partial charge in [0.05, 0.1) is 22.5 Å². The molecule has 28 heavy (non-hydrogen) atoms. The molecule has 1 amide bonds. The Balaban J connectivity index is 1.89. The third kappa shape index (κ3) is 4.08. The van der Waals surface area contributed by atoms with Crippen molar-refractivity contribution < 1.29 is 18.0 Å². The van der Waals surface area contributed by atoms with Gasteiger partial charge in [0.15, 0.2) is 0 Å². The van der Waals surface area contributed by atoms with Crippen LogP contribution in [0.15, 0.2) is 42.5 Å². The van der Waals surface area contributed by atoms with E-state index < -0.39 is 17.6 Å². The van der Waals surface area contributed by atoms with Crippen molar-refractivity contribution in [1.29, 1.82) is 0 Å². The molecular weight excluding hydrogens is 371 g/mol. The van der Waals surface area contributed by atoms with Crippen LogP contribution in [-0.2, 0) is 17.5 Å². The van der Waals surface area contributed by atoms with E-state index in [1.54, 1.807) is 24.3 Å². The maximum atomic E-state index is 13.1. The van der Waals surface area contributed by atoms with Gasteiger partial charge in [0, 0.05) is 13.1 Å². The largest absolute Gasteiger partial charge is 0.416 e. The number of alkyl halides is 3. The second-order valence-corrected chi connectivity index (χ2v) is 6.19. The Hall–Kier alpha value is -3.10. The van der Waals surface area contributed by atoms with Crippen LogP contribution < -0.4 is 10.2 Å². The number of hydrogen-bond acceptors (Lipinski definition) is 4. The number of hydrogen-bond donors (Lipinski definition) is 1. The van der Waals surface area contributed by atoms with Crippen molar-refractivity contribution >= 4 is 28.3 Å². The molecule has 1 aromatic heterocycles. The van der Waals surface area contributed by atoms with Crippen LogP contribution in [-0.4, -0.2) is 34.0 Å². The summed E-state index contributed by atoms with van der Waals surface area (Å²) in [6.07, 6.45) is -4.50. The lowest BCUT2D eigenvalue weighted by Crippen LogP contribution is -2.26. The number of amides is 1. The van der Waals surface area contributed by atoms with E-state index in [4.69, 9.17) is 0 Å². The maximum Gasteiger partial charge on any atom is 0.416 e. The van der Waals surface area contributed by atoms with Crippen molar-refractivity contribution in [3.8, 4) is 0 Å². The number of rotatable bonds is 6. The molecule has 0 saturated carbocycles. The highest BCUT2D eigenvalue weighted by Crippen LogP contribution is 2.35. The van der Waals surface area contributed by atoms with E-state index in [0.29, 0.717) is 29.8 Å². The van der Waals surface area contributed by atoms with Gasteiger partial charge in [0.2, 0.25) is 5.91 Å². The zero-order valence-corrected chi connectivity index (χ0v) is 15.5. The Labute approximate surface area is 159 Å². The molecule has 0 spiro atoms. The van der Waals surface area contributed by atoms with Crippen molar-refractivity contribution in [2.45, 2.75) is 26.6 Å². The Kier molecular flexibility index (Phi) is 5.53. The Bertz CT molecular complexity index is 979. The van der Waals surface area contributed by atoms with Crippen LogP contribution in [0.1, 0.15) is 19.4 Å². The summed E-state index contributed by atoms with van der Waals surface area (Å²) in [6.45, 7) is 4.83. The van der Waals surface area contributed by atoms with E-state index in [1.165, 1.54) is 10.7 Å². The summed E-state index contributed by atoms with van der Waals surface area (Å²) in [5.74, 6) is -0.483. The topological polar surface area (TPSA) is 63.1 Å². The fourth-order valence-corrected chi connectivity index (χ4v) is 3.01. The molecule has 0 aliphatic rings. The van der Waals surface area contributed by atoms with Gasteiger partial charge >= 0.3 is 6.18 Å². The second-order valence-electron chi connectivity index (χ2n) is 6.19. The molecule has 1 heterocycles. The quantitative estimate of drug-likeness (QED) is 0.692. The monoisotopic (exact) mass is 391 g/mol. The molecule has 0 aliphatic carbocycles. The number of nitrogens with one attached hydrogen (secondary N) is 1. The SMILES string of the molecule is CCN(CC)c1ccc(C(F)(F)F)cc1NC(=O)Cn1nnc2ccccc21. The predicted octanol–water partition coefficient (Wildman–Crippen LogP) is 3.94. The summed E-state index contributed by atoms with van der Waals surface area (Å²) < 4.78 is 40.8. The molecule has 1 N–H and O–H groups in total. The maximum absolute atomic E-state index is 13.1. The van der Waals surface area contributed by atoms with Gasteiger partial charge in [-0.3, -0.25) is 4.79 Å². The normalized spacial score (nSPS) is 11.6. The minimum absolute atomic E-state index is 0.118. The van der Waals surface area contributed by atoms with Gasteiger partial charge < -0.3 is 10.2 Å². The van der Waals surface area contributed by atoms with Crippen LogP contribution in [0, 0.1) is 0 Å². The summed E-state index contributed by atoms with van der Waals surface area (Å²) in [5.41, 5.74) is 1.15. The van der Waals surface area contributed by atoms with Crippen molar-refractivity contribution in [1.82, 2.24) is 15.0 Å². The van der Waals surface area contributed by atoms with Crippen LogP contribution in [0.5, 0.6) is 0 Å². The van der Waals surface area contributed by atoms with Crippen molar-refractivity contribution in [2.75, 3.05) is 23.3 Å². The first-order valence-electron chi connectivity index (χ1n) is 8.87. The number of benzene rings is 2. The van der Waals surface area contributed by atoms with Crippen molar-refractivity contribution in [2.24, 2.45) is 0 Å². The molecule has 6 nitrogen and oxygen atoms in total. The van der Waals surface area contributed by atoms with Gasteiger partial charge in [-0.2, -0.15) is 13.2 Å². The van der Waals surface area contributed by atoms with Crippen LogP contribution in [0.3, 0.4) is 0 Å². The van der Waals surface area contributed by atoms with Gasteiger partial charge in [-0.25, -0.2) is 4.68 Å². The first-order chi connectivity index (χ1) is 13.3. The van der Waals surface area contributed by atoms with E-state index in [-0.39, 0.29) is 12.2 Å². The highest BCUT2D eigenvalue weighted by atomic mass is 19.4. The standard InChI is InChI=1S/C19H20F3N5O/c1-3-26(4-2)16-10-9-13(19(20,21)22)11-15(16)23-18(28)12-27-17-8-6-5-7-14(17)24-25-27/h5-11H,3-4,12H2,1-2H3,(H,23,28). The van der Waals surface area contributed by atoms with E-state index >= 15 is 0 Å². The lowest BCUT2D eigenvalue weighted by Gasteiger charge is -2.25. The minimum Gasteiger partial charge on any atom is -0.370 e. The van der Waals surface area contributed by atoms with Crippen LogP contribution in [0.4, 0.5) is 24.5 Å². The molecule has 0 radical (unpaired) electrons. The molecule has 0 fully saturated rings. The van der Waals surface area contributed by atoms with Gasteiger partial charge in [0.25, 0.3) is 0 Å². The van der Waals surface area contributed by atoms with E-state index in [9.17, 15) is 18.0 Å². The predicted molar refractivity (Wildman–Crippen MR) is 101 cm³/mol. The first-order valence-corrected chi connectivity index (χ1v) is 8.87.